The second-order valence-corrected chi connectivity index (χ2v) is 3.03. The highest BCUT2D eigenvalue weighted by molar-refractivity contribution is 6.01. The topological polar surface area (TPSA) is 76.0 Å². The minimum absolute atomic E-state index is 0.413. The number of carboxylic acids is 1. The van der Waals surface area contributed by atoms with Crippen molar-refractivity contribution in [3.8, 4) is 0 Å². The summed E-state index contributed by atoms with van der Waals surface area (Å²) in [6.07, 6.45) is 0. The van der Waals surface area contributed by atoms with Gasteiger partial charge in [0.2, 0.25) is 0 Å². The normalized spacial score (nSPS) is 15.9. The number of carbonyl (C=O) groups is 2. The maximum atomic E-state index is 11.1. The third-order valence-electron chi connectivity index (χ3n) is 1.94. The van der Waals surface area contributed by atoms with E-state index in [0.29, 0.717) is 5.71 Å². The Hall–Kier alpha value is -1.39. The Morgan fingerprint density at radius 2 is 1.86 bits per heavy atom. The summed E-state index contributed by atoms with van der Waals surface area (Å²) in [5, 5.41) is 8.59. The zero-order valence-electron chi connectivity index (χ0n) is 8.77. The monoisotopic (exact) mass is 201 g/mol. The molecule has 0 rings (SSSR count). The van der Waals surface area contributed by atoms with Crippen LogP contribution in [0.15, 0.2) is 4.99 Å². The van der Waals surface area contributed by atoms with Gasteiger partial charge in [0.05, 0.1) is 13.0 Å². The number of carbonyl (C=O) groups excluding carboxylic acids is 1. The molecule has 14 heavy (non-hydrogen) atoms. The maximum absolute atomic E-state index is 11.1. The Morgan fingerprint density at radius 3 is 2.21 bits per heavy atom. The van der Waals surface area contributed by atoms with E-state index >= 15 is 0 Å². The van der Waals surface area contributed by atoms with Crippen LogP contribution >= 0.6 is 0 Å². The summed E-state index contributed by atoms with van der Waals surface area (Å²) in [6.45, 7) is 4.69. The Bertz CT molecular complexity index is 260. The van der Waals surface area contributed by atoms with Crippen molar-refractivity contribution in [3.05, 3.63) is 0 Å². The highest BCUT2D eigenvalue weighted by Gasteiger charge is 2.18. The average Bonchev–Trinajstić information content (AvgIpc) is 2.14. The molecule has 0 heterocycles. The second kappa shape index (κ2) is 5.36. The quantitative estimate of drug-likeness (QED) is 0.537. The first-order valence-electron chi connectivity index (χ1n) is 4.25. The van der Waals surface area contributed by atoms with Gasteiger partial charge >= 0.3 is 11.9 Å². The second-order valence-electron chi connectivity index (χ2n) is 3.03. The van der Waals surface area contributed by atoms with Crippen molar-refractivity contribution >= 4 is 17.7 Å². The van der Waals surface area contributed by atoms with Crippen molar-refractivity contribution in [1.82, 2.24) is 0 Å². The lowest BCUT2D eigenvalue weighted by atomic mass is 10.1. The fraction of sp³-hybridized carbons (Fsp3) is 0.667. The molecule has 0 bridgehead atoms. The number of esters is 1. The van der Waals surface area contributed by atoms with Crippen molar-refractivity contribution in [2.24, 2.45) is 10.9 Å². The predicted octanol–water partition coefficient (Wildman–Crippen LogP) is 0.729. The van der Waals surface area contributed by atoms with Gasteiger partial charge in [-0.15, -0.1) is 0 Å². The van der Waals surface area contributed by atoms with Crippen LogP contribution in [-0.4, -0.2) is 35.9 Å². The van der Waals surface area contributed by atoms with Crippen molar-refractivity contribution in [2.45, 2.75) is 26.8 Å². The molecule has 80 valence electrons. The van der Waals surface area contributed by atoms with Crippen molar-refractivity contribution in [1.29, 1.82) is 0 Å². The molecule has 0 saturated carbocycles. The summed E-state index contributed by atoms with van der Waals surface area (Å²) in [4.78, 5) is 25.4. The van der Waals surface area contributed by atoms with E-state index in [1.54, 1.807) is 13.8 Å². The number of aliphatic imine (C=N–C) groups is 1. The summed E-state index contributed by atoms with van der Waals surface area (Å²) >= 11 is 0. The van der Waals surface area contributed by atoms with Gasteiger partial charge in [0, 0.05) is 5.71 Å². The van der Waals surface area contributed by atoms with Crippen molar-refractivity contribution < 1.29 is 19.4 Å². The van der Waals surface area contributed by atoms with Crippen LogP contribution in [0.1, 0.15) is 20.8 Å². The van der Waals surface area contributed by atoms with Crippen LogP contribution in [0.2, 0.25) is 0 Å². The number of methoxy groups -OCH3 is 1. The van der Waals surface area contributed by atoms with Crippen LogP contribution < -0.4 is 0 Å². The summed E-state index contributed by atoms with van der Waals surface area (Å²) in [6, 6.07) is -0.831. The Morgan fingerprint density at radius 1 is 1.36 bits per heavy atom. The molecule has 0 aromatic rings. The lowest BCUT2D eigenvalue weighted by Crippen LogP contribution is -2.23. The molecule has 1 N–H and O–H groups in total. The van der Waals surface area contributed by atoms with E-state index in [2.05, 4.69) is 9.73 Å². The van der Waals surface area contributed by atoms with Gasteiger partial charge in [-0.1, -0.05) is 0 Å². The first-order valence-corrected chi connectivity index (χ1v) is 4.25. The smallest absolute Gasteiger partial charge is 0.328 e. The Balaban J connectivity index is 4.52. The molecule has 0 saturated heterocycles. The zero-order chi connectivity index (χ0) is 11.3. The van der Waals surface area contributed by atoms with E-state index in [-0.39, 0.29) is 0 Å². The van der Waals surface area contributed by atoms with E-state index in [1.807, 2.05) is 0 Å². The molecular formula is C9H15NO4. The summed E-state index contributed by atoms with van der Waals surface area (Å²) < 4.78 is 4.51. The molecule has 0 aliphatic carbocycles. The van der Waals surface area contributed by atoms with Crippen LogP contribution in [0.4, 0.5) is 0 Å². The van der Waals surface area contributed by atoms with Gasteiger partial charge in [-0.05, 0) is 20.8 Å². The third-order valence-corrected chi connectivity index (χ3v) is 1.94. The summed E-state index contributed by atoms with van der Waals surface area (Å²) in [7, 11) is 1.28. The minimum Gasteiger partial charge on any atom is -0.480 e. The van der Waals surface area contributed by atoms with Crippen LogP contribution in [0.3, 0.4) is 0 Å². The molecule has 5 nitrogen and oxygen atoms in total. The molecule has 0 aromatic carbocycles. The lowest BCUT2D eigenvalue weighted by molar-refractivity contribution is -0.142. The highest BCUT2D eigenvalue weighted by Crippen LogP contribution is 2.03. The van der Waals surface area contributed by atoms with Crippen LogP contribution in [0.25, 0.3) is 0 Å². The number of nitrogens with zero attached hydrogens (tertiary/aromatic N) is 1. The maximum Gasteiger partial charge on any atom is 0.328 e. The fourth-order valence-corrected chi connectivity index (χ4v) is 0.820. The van der Waals surface area contributed by atoms with E-state index < -0.39 is 23.9 Å². The molecule has 5 heteroatoms. The predicted molar refractivity (Wildman–Crippen MR) is 51.4 cm³/mol. The van der Waals surface area contributed by atoms with Gasteiger partial charge in [0.15, 0.2) is 0 Å². The third kappa shape index (κ3) is 3.55. The van der Waals surface area contributed by atoms with E-state index in [1.165, 1.54) is 14.0 Å². The molecule has 0 radical (unpaired) electrons. The molecule has 0 fully saturated rings. The molecular weight excluding hydrogens is 186 g/mol. The Labute approximate surface area is 82.8 Å². The molecule has 2 atom stereocenters. The van der Waals surface area contributed by atoms with E-state index in [4.69, 9.17) is 5.11 Å². The van der Waals surface area contributed by atoms with E-state index in [0.717, 1.165) is 0 Å². The summed E-state index contributed by atoms with van der Waals surface area (Å²) in [5.74, 6) is -1.92. The minimum atomic E-state index is -1.01. The number of hydrogen-bond donors (Lipinski definition) is 1. The average molecular weight is 201 g/mol. The molecule has 0 aliphatic rings. The molecule has 0 amide bonds. The van der Waals surface area contributed by atoms with Crippen LogP contribution in [0.5, 0.6) is 0 Å². The fourth-order valence-electron chi connectivity index (χ4n) is 0.820. The number of ether oxygens (including phenoxy) is 1. The molecule has 0 aliphatic heterocycles. The van der Waals surface area contributed by atoms with E-state index in [9.17, 15) is 9.59 Å². The molecule has 0 spiro atoms. The molecule has 0 aromatic heterocycles. The molecule has 2 unspecified atom stereocenters. The van der Waals surface area contributed by atoms with Crippen LogP contribution in [0, 0.1) is 5.92 Å². The van der Waals surface area contributed by atoms with Gasteiger partial charge in [0.1, 0.15) is 6.04 Å². The van der Waals surface area contributed by atoms with Gasteiger partial charge in [-0.25, -0.2) is 4.79 Å². The largest absolute Gasteiger partial charge is 0.480 e. The SMILES string of the molecule is COC(=O)C(C)C(C)=NC(C)C(=O)O. The standard InChI is InChI=1S/C9H15NO4/c1-5(9(13)14-4)6(2)10-7(3)8(11)12/h5,7H,1-4H3,(H,11,12). The van der Waals surface area contributed by atoms with Crippen LogP contribution in [-0.2, 0) is 14.3 Å². The first-order chi connectivity index (χ1) is 6.40. The number of carboxylic acid groups (broad SMARTS) is 1. The zero-order valence-corrected chi connectivity index (χ0v) is 8.77. The van der Waals surface area contributed by atoms with Gasteiger partial charge in [0.25, 0.3) is 0 Å². The van der Waals surface area contributed by atoms with Crippen molar-refractivity contribution in [3.63, 3.8) is 0 Å². The lowest BCUT2D eigenvalue weighted by Gasteiger charge is -2.09. The number of rotatable bonds is 4. The summed E-state index contributed by atoms with van der Waals surface area (Å²) in [5.41, 5.74) is 0.465. The highest BCUT2D eigenvalue weighted by atomic mass is 16.5. The number of aliphatic carboxylic acids is 1. The first kappa shape index (κ1) is 12.6. The van der Waals surface area contributed by atoms with Gasteiger partial charge < -0.3 is 9.84 Å². The number of hydrogen-bond acceptors (Lipinski definition) is 4. The van der Waals surface area contributed by atoms with Crippen molar-refractivity contribution in [2.75, 3.05) is 7.11 Å². The van der Waals surface area contributed by atoms with Gasteiger partial charge in [-0.3, -0.25) is 9.79 Å². The Kier molecular flexibility index (Phi) is 4.83. The van der Waals surface area contributed by atoms with Gasteiger partial charge in [-0.2, -0.15) is 0 Å².